The van der Waals surface area contributed by atoms with Gasteiger partial charge in [0.1, 0.15) is 11.9 Å². The Morgan fingerprint density at radius 3 is 2.70 bits per heavy atom. The van der Waals surface area contributed by atoms with E-state index in [1.165, 1.54) is 0 Å². The van der Waals surface area contributed by atoms with Crippen molar-refractivity contribution in [3.05, 3.63) is 29.8 Å². The summed E-state index contributed by atoms with van der Waals surface area (Å²) in [5.41, 5.74) is 5.28. The number of benzene rings is 1. The third kappa shape index (κ3) is 5.27. The molecular formula is C14H20N2O4. The summed E-state index contributed by atoms with van der Waals surface area (Å²) in [5.74, 6) is -0.292. The van der Waals surface area contributed by atoms with Crippen LogP contribution in [0.1, 0.15) is 24.2 Å². The van der Waals surface area contributed by atoms with E-state index in [0.29, 0.717) is 23.8 Å². The molecule has 20 heavy (non-hydrogen) atoms. The Morgan fingerprint density at radius 2 is 2.10 bits per heavy atom. The molecule has 0 saturated carbocycles. The van der Waals surface area contributed by atoms with Gasteiger partial charge in [-0.15, -0.1) is 0 Å². The van der Waals surface area contributed by atoms with Crippen LogP contribution in [0.25, 0.3) is 0 Å². The molecule has 0 aliphatic heterocycles. The number of primary amides is 1. The summed E-state index contributed by atoms with van der Waals surface area (Å²) in [5, 5.41) is 11.6. The zero-order valence-electron chi connectivity index (χ0n) is 11.6. The average molecular weight is 280 g/mol. The number of aliphatic hydroxyl groups excluding tert-OH is 1. The zero-order chi connectivity index (χ0) is 15.1. The predicted molar refractivity (Wildman–Crippen MR) is 74.3 cm³/mol. The van der Waals surface area contributed by atoms with Crippen molar-refractivity contribution in [2.75, 3.05) is 13.2 Å². The number of rotatable bonds is 7. The molecule has 0 heterocycles. The van der Waals surface area contributed by atoms with Crippen LogP contribution in [0.15, 0.2) is 24.3 Å². The van der Waals surface area contributed by atoms with Crippen molar-refractivity contribution in [1.82, 2.24) is 5.32 Å². The minimum atomic E-state index is -1.39. The smallest absolute Gasteiger partial charge is 0.251 e. The van der Waals surface area contributed by atoms with Crippen molar-refractivity contribution < 1.29 is 19.4 Å². The fourth-order valence-electron chi connectivity index (χ4n) is 1.38. The van der Waals surface area contributed by atoms with E-state index in [1.54, 1.807) is 24.3 Å². The number of carbonyl (C=O) groups excluding carboxylic acids is 2. The number of nitrogens with one attached hydrogen (secondary N) is 1. The van der Waals surface area contributed by atoms with Crippen LogP contribution in [0.2, 0.25) is 0 Å². The highest BCUT2D eigenvalue weighted by molar-refractivity contribution is 5.95. The first-order chi connectivity index (χ1) is 9.40. The van der Waals surface area contributed by atoms with Gasteiger partial charge in [0, 0.05) is 5.56 Å². The Hall–Kier alpha value is -2.08. The molecule has 2 amide bonds. The van der Waals surface area contributed by atoms with Crippen molar-refractivity contribution in [2.45, 2.75) is 20.0 Å². The molecule has 0 aromatic heterocycles. The highest BCUT2D eigenvalue weighted by Gasteiger charge is 2.13. The quantitative estimate of drug-likeness (QED) is 0.668. The second-order valence-electron chi connectivity index (χ2n) is 4.86. The number of amides is 2. The van der Waals surface area contributed by atoms with Gasteiger partial charge in [0.05, 0.1) is 13.2 Å². The SMILES string of the molecule is CC(C)COc1cccc(C(=O)NCC(O)C(N)=O)c1. The Labute approximate surface area is 117 Å². The summed E-state index contributed by atoms with van der Waals surface area (Å²) in [6, 6.07) is 6.69. The lowest BCUT2D eigenvalue weighted by molar-refractivity contribution is -0.125. The molecule has 1 atom stereocenters. The number of aliphatic hydroxyl groups is 1. The molecule has 1 aromatic carbocycles. The first-order valence-electron chi connectivity index (χ1n) is 6.38. The molecule has 0 bridgehead atoms. The average Bonchev–Trinajstić information content (AvgIpc) is 2.42. The Morgan fingerprint density at radius 1 is 1.40 bits per heavy atom. The maximum Gasteiger partial charge on any atom is 0.251 e. The molecule has 0 aliphatic carbocycles. The van der Waals surface area contributed by atoms with Gasteiger partial charge in [0.15, 0.2) is 0 Å². The summed E-state index contributed by atoms with van der Waals surface area (Å²) in [6.07, 6.45) is -1.39. The van der Waals surface area contributed by atoms with Gasteiger partial charge in [-0.25, -0.2) is 0 Å². The first kappa shape index (κ1) is 16.0. The minimum Gasteiger partial charge on any atom is -0.493 e. The first-order valence-corrected chi connectivity index (χ1v) is 6.38. The van der Waals surface area contributed by atoms with Gasteiger partial charge in [0.25, 0.3) is 5.91 Å². The lowest BCUT2D eigenvalue weighted by Crippen LogP contribution is -2.39. The molecule has 0 fully saturated rings. The summed E-state index contributed by atoms with van der Waals surface area (Å²) in [4.78, 5) is 22.5. The summed E-state index contributed by atoms with van der Waals surface area (Å²) in [7, 11) is 0. The van der Waals surface area contributed by atoms with Gasteiger partial charge in [-0.3, -0.25) is 9.59 Å². The van der Waals surface area contributed by atoms with Crippen LogP contribution in [0.3, 0.4) is 0 Å². The molecule has 110 valence electrons. The fraction of sp³-hybridized carbons (Fsp3) is 0.429. The van der Waals surface area contributed by atoms with Gasteiger partial charge in [-0.2, -0.15) is 0 Å². The van der Waals surface area contributed by atoms with Gasteiger partial charge in [-0.05, 0) is 24.1 Å². The van der Waals surface area contributed by atoms with E-state index >= 15 is 0 Å². The number of hydrogen-bond acceptors (Lipinski definition) is 4. The van der Waals surface area contributed by atoms with Crippen LogP contribution in [0, 0.1) is 5.92 Å². The monoisotopic (exact) mass is 280 g/mol. The van der Waals surface area contributed by atoms with E-state index in [2.05, 4.69) is 5.32 Å². The van der Waals surface area contributed by atoms with E-state index < -0.39 is 17.9 Å². The number of ether oxygens (including phenoxy) is 1. The molecule has 1 rings (SSSR count). The van der Waals surface area contributed by atoms with E-state index in [-0.39, 0.29) is 6.54 Å². The normalized spacial score (nSPS) is 12.0. The molecule has 4 N–H and O–H groups in total. The van der Waals surface area contributed by atoms with Crippen LogP contribution in [0.5, 0.6) is 5.75 Å². The summed E-state index contributed by atoms with van der Waals surface area (Å²) < 4.78 is 5.52. The fourth-order valence-corrected chi connectivity index (χ4v) is 1.38. The molecule has 6 heteroatoms. The third-order valence-electron chi connectivity index (χ3n) is 2.46. The number of nitrogens with two attached hydrogens (primary N) is 1. The Balaban J connectivity index is 2.59. The molecule has 6 nitrogen and oxygen atoms in total. The van der Waals surface area contributed by atoms with Crippen LogP contribution >= 0.6 is 0 Å². The molecule has 0 aliphatic rings. The molecule has 0 radical (unpaired) electrons. The van der Waals surface area contributed by atoms with Crippen molar-refractivity contribution >= 4 is 11.8 Å². The van der Waals surface area contributed by atoms with Crippen molar-refractivity contribution in [3.8, 4) is 5.75 Å². The van der Waals surface area contributed by atoms with E-state index in [4.69, 9.17) is 10.5 Å². The minimum absolute atomic E-state index is 0.217. The van der Waals surface area contributed by atoms with E-state index in [1.807, 2.05) is 13.8 Å². The second-order valence-corrected chi connectivity index (χ2v) is 4.86. The third-order valence-corrected chi connectivity index (χ3v) is 2.46. The Kier molecular flexibility index (Phi) is 5.99. The van der Waals surface area contributed by atoms with Crippen LogP contribution < -0.4 is 15.8 Å². The zero-order valence-corrected chi connectivity index (χ0v) is 11.6. The topological polar surface area (TPSA) is 102 Å². The summed E-state index contributed by atoms with van der Waals surface area (Å²) in [6.45, 7) is 4.40. The maximum absolute atomic E-state index is 11.8. The summed E-state index contributed by atoms with van der Waals surface area (Å²) >= 11 is 0. The van der Waals surface area contributed by atoms with Crippen LogP contribution in [0.4, 0.5) is 0 Å². The lowest BCUT2D eigenvalue weighted by Gasteiger charge is -2.11. The highest BCUT2D eigenvalue weighted by atomic mass is 16.5. The van der Waals surface area contributed by atoms with Crippen LogP contribution in [-0.4, -0.2) is 36.2 Å². The highest BCUT2D eigenvalue weighted by Crippen LogP contribution is 2.14. The van der Waals surface area contributed by atoms with E-state index in [0.717, 1.165) is 0 Å². The number of hydrogen-bond donors (Lipinski definition) is 3. The standard InChI is InChI=1S/C14H20N2O4/c1-9(2)8-20-11-5-3-4-10(6-11)14(19)16-7-12(17)13(15)18/h3-6,9,12,17H,7-8H2,1-2H3,(H2,15,18)(H,16,19). The molecule has 0 spiro atoms. The van der Waals surface area contributed by atoms with Crippen LogP contribution in [-0.2, 0) is 4.79 Å². The van der Waals surface area contributed by atoms with Gasteiger partial charge >= 0.3 is 0 Å². The number of carbonyl (C=O) groups is 2. The van der Waals surface area contributed by atoms with Crippen molar-refractivity contribution in [1.29, 1.82) is 0 Å². The molecular weight excluding hydrogens is 260 g/mol. The van der Waals surface area contributed by atoms with Crippen molar-refractivity contribution in [3.63, 3.8) is 0 Å². The van der Waals surface area contributed by atoms with Gasteiger partial charge in [-0.1, -0.05) is 19.9 Å². The van der Waals surface area contributed by atoms with Crippen molar-refractivity contribution in [2.24, 2.45) is 11.7 Å². The molecule has 1 aromatic rings. The molecule has 0 saturated heterocycles. The molecule has 1 unspecified atom stereocenters. The Bertz CT molecular complexity index is 474. The largest absolute Gasteiger partial charge is 0.493 e. The second kappa shape index (κ2) is 7.49. The maximum atomic E-state index is 11.8. The predicted octanol–water partition coefficient (Wildman–Crippen LogP) is 0.297. The van der Waals surface area contributed by atoms with Gasteiger partial charge < -0.3 is 20.9 Å². The van der Waals surface area contributed by atoms with Gasteiger partial charge in [0.2, 0.25) is 5.91 Å². The van der Waals surface area contributed by atoms with E-state index in [9.17, 15) is 14.7 Å². The lowest BCUT2D eigenvalue weighted by atomic mass is 10.2.